The van der Waals surface area contributed by atoms with Gasteiger partial charge in [-0.1, -0.05) is 13.8 Å². The molecule has 1 fully saturated rings. The van der Waals surface area contributed by atoms with Crippen LogP contribution in [0, 0.1) is 19.3 Å². The molecular weight excluding hydrogens is 234 g/mol. The fraction of sp³-hybridized carbons (Fsp3) is 0.750. The first-order valence-electron chi connectivity index (χ1n) is 7.19. The van der Waals surface area contributed by atoms with Crippen LogP contribution in [0.4, 0.5) is 0 Å². The minimum absolute atomic E-state index is 0.121. The lowest BCUT2D eigenvalue weighted by Gasteiger charge is -2.22. The molecule has 0 aliphatic heterocycles. The zero-order valence-corrected chi connectivity index (χ0v) is 13.4. The Hall–Kier alpha value is -0.960. The number of nitrogens with zero attached hydrogens (tertiary/aromatic N) is 2. The van der Waals surface area contributed by atoms with Crippen molar-refractivity contribution in [2.24, 2.45) is 5.41 Å². The third kappa shape index (κ3) is 3.33. The van der Waals surface area contributed by atoms with Crippen molar-refractivity contribution in [2.75, 3.05) is 0 Å². The van der Waals surface area contributed by atoms with Gasteiger partial charge in [0.25, 0.3) is 0 Å². The number of aryl methyl sites for hydroxylation is 2. The lowest BCUT2D eigenvalue weighted by Crippen LogP contribution is -2.35. The van der Waals surface area contributed by atoms with E-state index in [1.165, 1.54) is 12.0 Å². The second-order valence-corrected chi connectivity index (χ2v) is 7.58. The van der Waals surface area contributed by atoms with Crippen LogP contribution in [0.3, 0.4) is 0 Å². The van der Waals surface area contributed by atoms with Crippen molar-refractivity contribution in [3.05, 3.63) is 22.8 Å². The third-order valence-electron chi connectivity index (χ3n) is 4.06. The standard InChI is InChI=1S/C16H27N3/c1-10-12(9-17-15(3,4)5)11(2)19-14(18-10)13-8-16(13,6)7/h13,17H,8-9H2,1-7H3. The highest BCUT2D eigenvalue weighted by Gasteiger charge is 2.48. The summed E-state index contributed by atoms with van der Waals surface area (Å²) in [5, 5.41) is 3.52. The zero-order valence-electron chi connectivity index (χ0n) is 13.4. The Morgan fingerprint density at radius 2 is 1.63 bits per heavy atom. The Morgan fingerprint density at radius 3 is 2.00 bits per heavy atom. The van der Waals surface area contributed by atoms with Gasteiger partial charge >= 0.3 is 0 Å². The normalized spacial score (nSPS) is 21.5. The Labute approximate surface area is 117 Å². The fourth-order valence-corrected chi connectivity index (χ4v) is 2.44. The van der Waals surface area contributed by atoms with Crippen LogP contribution in [0.15, 0.2) is 0 Å². The van der Waals surface area contributed by atoms with Crippen LogP contribution in [-0.2, 0) is 6.54 Å². The fourth-order valence-electron chi connectivity index (χ4n) is 2.44. The maximum atomic E-state index is 4.74. The monoisotopic (exact) mass is 261 g/mol. The van der Waals surface area contributed by atoms with Gasteiger partial charge in [-0.15, -0.1) is 0 Å². The van der Waals surface area contributed by atoms with Gasteiger partial charge in [-0.2, -0.15) is 0 Å². The predicted molar refractivity (Wildman–Crippen MR) is 79.2 cm³/mol. The Balaban J connectivity index is 2.19. The molecule has 1 unspecified atom stereocenters. The van der Waals surface area contributed by atoms with Crippen molar-refractivity contribution in [1.82, 2.24) is 15.3 Å². The van der Waals surface area contributed by atoms with E-state index >= 15 is 0 Å². The van der Waals surface area contributed by atoms with Crippen LogP contribution in [0.25, 0.3) is 0 Å². The molecular formula is C16H27N3. The Morgan fingerprint density at radius 1 is 1.16 bits per heavy atom. The molecule has 1 N–H and O–H groups in total. The average molecular weight is 261 g/mol. The van der Waals surface area contributed by atoms with Crippen LogP contribution in [0.5, 0.6) is 0 Å². The van der Waals surface area contributed by atoms with Gasteiger partial charge in [0.15, 0.2) is 0 Å². The lowest BCUT2D eigenvalue weighted by molar-refractivity contribution is 0.422. The van der Waals surface area contributed by atoms with E-state index in [9.17, 15) is 0 Å². The molecule has 0 aromatic carbocycles. The average Bonchev–Trinajstić information content (AvgIpc) is 2.84. The van der Waals surface area contributed by atoms with E-state index in [1.807, 2.05) is 0 Å². The van der Waals surface area contributed by atoms with Crippen molar-refractivity contribution in [1.29, 1.82) is 0 Å². The molecule has 0 amide bonds. The first-order valence-corrected chi connectivity index (χ1v) is 7.19. The summed E-state index contributed by atoms with van der Waals surface area (Å²) in [5.41, 5.74) is 4.01. The summed E-state index contributed by atoms with van der Waals surface area (Å²) in [6.45, 7) is 16.2. The van der Waals surface area contributed by atoms with Gasteiger partial charge in [-0.25, -0.2) is 9.97 Å². The highest BCUT2D eigenvalue weighted by Crippen LogP contribution is 2.57. The molecule has 1 aromatic rings. The van der Waals surface area contributed by atoms with Gasteiger partial charge in [0.1, 0.15) is 5.82 Å². The predicted octanol–water partition coefficient (Wildman–Crippen LogP) is 3.50. The summed E-state index contributed by atoms with van der Waals surface area (Å²) in [6.07, 6.45) is 1.21. The van der Waals surface area contributed by atoms with Gasteiger partial charge < -0.3 is 5.32 Å². The van der Waals surface area contributed by atoms with Crippen molar-refractivity contribution < 1.29 is 0 Å². The second-order valence-electron chi connectivity index (χ2n) is 7.58. The number of nitrogens with one attached hydrogen (secondary N) is 1. The zero-order chi connectivity index (χ0) is 14.4. The van der Waals surface area contributed by atoms with Crippen molar-refractivity contribution >= 4 is 0 Å². The summed E-state index contributed by atoms with van der Waals surface area (Å²) < 4.78 is 0. The van der Waals surface area contributed by atoms with Crippen LogP contribution < -0.4 is 5.32 Å². The Kier molecular flexibility index (Phi) is 3.46. The maximum Gasteiger partial charge on any atom is 0.132 e. The summed E-state index contributed by atoms with van der Waals surface area (Å²) >= 11 is 0. The number of aromatic nitrogens is 2. The topological polar surface area (TPSA) is 37.8 Å². The van der Waals surface area contributed by atoms with Crippen LogP contribution in [0.1, 0.15) is 69.7 Å². The molecule has 1 saturated carbocycles. The molecule has 1 aromatic heterocycles. The molecule has 19 heavy (non-hydrogen) atoms. The Bertz CT molecular complexity index is 460. The van der Waals surface area contributed by atoms with E-state index in [1.54, 1.807) is 0 Å². The number of hydrogen-bond acceptors (Lipinski definition) is 3. The molecule has 0 saturated heterocycles. The molecule has 3 nitrogen and oxygen atoms in total. The first kappa shape index (κ1) is 14.4. The minimum atomic E-state index is 0.121. The minimum Gasteiger partial charge on any atom is -0.308 e. The summed E-state index contributed by atoms with van der Waals surface area (Å²) in [5.74, 6) is 1.59. The van der Waals surface area contributed by atoms with Crippen LogP contribution in [0.2, 0.25) is 0 Å². The quantitative estimate of drug-likeness (QED) is 0.905. The van der Waals surface area contributed by atoms with E-state index in [-0.39, 0.29) is 5.54 Å². The van der Waals surface area contributed by atoms with Gasteiger partial charge in [0, 0.05) is 35.0 Å². The molecule has 0 bridgehead atoms. The summed E-state index contributed by atoms with van der Waals surface area (Å²) in [4.78, 5) is 9.48. The molecule has 106 valence electrons. The van der Waals surface area contributed by atoms with Crippen molar-refractivity contribution in [2.45, 2.75) is 72.9 Å². The molecule has 0 radical (unpaired) electrons. The first-order chi connectivity index (χ1) is 8.60. The smallest absolute Gasteiger partial charge is 0.132 e. The van der Waals surface area contributed by atoms with E-state index in [2.05, 4.69) is 53.8 Å². The molecule has 0 spiro atoms. The molecule has 1 aliphatic carbocycles. The van der Waals surface area contributed by atoms with Gasteiger partial charge in [-0.05, 0) is 46.5 Å². The van der Waals surface area contributed by atoms with E-state index in [4.69, 9.17) is 9.97 Å². The van der Waals surface area contributed by atoms with Crippen molar-refractivity contribution in [3.63, 3.8) is 0 Å². The van der Waals surface area contributed by atoms with Crippen molar-refractivity contribution in [3.8, 4) is 0 Å². The van der Waals surface area contributed by atoms with Gasteiger partial charge in [-0.3, -0.25) is 0 Å². The maximum absolute atomic E-state index is 4.74. The molecule has 1 atom stereocenters. The highest BCUT2D eigenvalue weighted by atomic mass is 15.0. The SMILES string of the molecule is Cc1nc(C2CC2(C)C)nc(C)c1CNC(C)(C)C. The largest absolute Gasteiger partial charge is 0.308 e. The second kappa shape index (κ2) is 4.55. The molecule has 2 rings (SSSR count). The van der Waals surface area contributed by atoms with E-state index < -0.39 is 0 Å². The third-order valence-corrected chi connectivity index (χ3v) is 4.06. The number of rotatable bonds is 3. The van der Waals surface area contributed by atoms with E-state index in [0.717, 1.165) is 23.8 Å². The van der Waals surface area contributed by atoms with Crippen LogP contribution >= 0.6 is 0 Å². The molecule has 3 heteroatoms. The highest BCUT2D eigenvalue weighted by molar-refractivity contribution is 5.27. The van der Waals surface area contributed by atoms with Crippen LogP contribution in [-0.4, -0.2) is 15.5 Å². The number of hydrogen-bond donors (Lipinski definition) is 1. The molecule has 1 aliphatic rings. The molecule has 1 heterocycles. The summed E-state index contributed by atoms with van der Waals surface area (Å²) in [7, 11) is 0. The van der Waals surface area contributed by atoms with Gasteiger partial charge in [0.05, 0.1) is 0 Å². The van der Waals surface area contributed by atoms with E-state index in [0.29, 0.717) is 11.3 Å². The summed E-state index contributed by atoms with van der Waals surface area (Å²) in [6, 6.07) is 0. The van der Waals surface area contributed by atoms with Gasteiger partial charge in [0.2, 0.25) is 0 Å². The lowest BCUT2D eigenvalue weighted by atomic mass is 10.1.